The number of hydrogen-bond acceptors (Lipinski definition) is 3. The smallest absolute Gasteiger partial charge is 0.225 e. The molecule has 0 radical (unpaired) electrons. The number of hydrogen-bond donors (Lipinski definition) is 1. The first-order valence-electron chi connectivity index (χ1n) is 6.51. The van der Waals surface area contributed by atoms with Crippen molar-refractivity contribution in [3.8, 4) is 22.3 Å². The van der Waals surface area contributed by atoms with Gasteiger partial charge in [-0.2, -0.15) is 11.3 Å². The van der Waals surface area contributed by atoms with Crippen molar-refractivity contribution in [1.82, 2.24) is 0 Å². The van der Waals surface area contributed by atoms with Crippen LogP contribution in [0.4, 0.5) is 4.39 Å². The van der Waals surface area contributed by atoms with Crippen LogP contribution in [0.5, 0.6) is 0 Å². The van der Waals surface area contributed by atoms with Crippen LogP contribution < -0.4 is 5.14 Å². The van der Waals surface area contributed by atoms with Gasteiger partial charge in [0.05, 0.1) is 0 Å². The Morgan fingerprint density at radius 1 is 0.957 bits per heavy atom. The molecule has 0 bridgehead atoms. The van der Waals surface area contributed by atoms with E-state index in [2.05, 4.69) is 15.9 Å². The largest absolute Gasteiger partial charge is 0.240 e. The molecule has 7 heteroatoms. The van der Waals surface area contributed by atoms with E-state index in [1.54, 1.807) is 6.07 Å². The Morgan fingerprint density at radius 3 is 2.09 bits per heavy atom. The highest BCUT2D eigenvalue weighted by molar-refractivity contribution is 9.10. The number of thiophene rings is 1. The minimum Gasteiger partial charge on any atom is -0.225 e. The molecular weight excluding hydrogens is 401 g/mol. The van der Waals surface area contributed by atoms with Gasteiger partial charge in [0.1, 0.15) is 10.7 Å². The molecule has 0 aliphatic carbocycles. The van der Waals surface area contributed by atoms with E-state index in [9.17, 15) is 12.8 Å². The summed E-state index contributed by atoms with van der Waals surface area (Å²) in [5, 5.41) is 8.87. The van der Waals surface area contributed by atoms with Crippen LogP contribution in [0.3, 0.4) is 0 Å². The number of rotatable bonds is 3. The van der Waals surface area contributed by atoms with Crippen LogP contribution in [0.15, 0.2) is 62.6 Å². The lowest BCUT2D eigenvalue weighted by molar-refractivity contribution is 0.568. The zero-order valence-corrected chi connectivity index (χ0v) is 14.9. The summed E-state index contributed by atoms with van der Waals surface area (Å²) >= 11 is 4.89. The molecule has 2 N–H and O–H groups in total. The molecule has 0 aliphatic heterocycles. The highest BCUT2D eigenvalue weighted by Gasteiger charge is 2.16. The Hall–Kier alpha value is -1.54. The molecule has 1 aromatic heterocycles. The molecule has 0 saturated carbocycles. The molecule has 1 heterocycles. The monoisotopic (exact) mass is 411 g/mol. The molecule has 0 unspecified atom stereocenters. The van der Waals surface area contributed by atoms with Crippen molar-refractivity contribution in [1.29, 1.82) is 0 Å². The lowest BCUT2D eigenvalue weighted by Crippen LogP contribution is -2.13. The maximum absolute atomic E-state index is 14.1. The second-order valence-corrected chi connectivity index (χ2v) is 8.09. The SMILES string of the molecule is NS(=O)(=O)c1ccc(-c2cscc2-c2ccc(Br)cc2)cc1F. The lowest BCUT2D eigenvalue weighted by atomic mass is 9.99. The number of halogens is 2. The molecule has 118 valence electrons. The normalized spacial score (nSPS) is 11.6. The lowest BCUT2D eigenvalue weighted by Gasteiger charge is -2.07. The van der Waals surface area contributed by atoms with Crippen LogP contribution in [-0.2, 0) is 10.0 Å². The van der Waals surface area contributed by atoms with Crippen molar-refractivity contribution < 1.29 is 12.8 Å². The fourth-order valence-corrected chi connectivity index (χ4v) is 3.99. The summed E-state index contributed by atoms with van der Waals surface area (Å²) in [6, 6.07) is 11.7. The quantitative estimate of drug-likeness (QED) is 0.682. The fourth-order valence-electron chi connectivity index (χ4n) is 2.27. The van der Waals surface area contributed by atoms with Gasteiger partial charge < -0.3 is 0 Å². The van der Waals surface area contributed by atoms with Crippen molar-refractivity contribution in [3.05, 3.63) is 63.5 Å². The van der Waals surface area contributed by atoms with Gasteiger partial charge in [-0.25, -0.2) is 17.9 Å². The van der Waals surface area contributed by atoms with Gasteiger partial charge in [0, 0.05) is 15.6 Å². The zero-order chi connectivity index (χ0) is 16.6. The minimum atomic E-state index is -4.06. The standard InChI is InChI=1S/C16H11BrFNO2S2/c17-12-4-1-10(2-5-12)13-8-22-9-14(13)11-3-6-16(15(18)7-11)23(19,20)21/h1-9H,(H2,19,20,21). The number of nitrogens with two attached hydrogens (primary N) is 1. The summed E-state index contributed by atoms with van der Waals surface area (Å²) in [5.41, 5.74) is 3.41. The Morgan fingerprint density at radius 2 is 1.52 bits per heavy atom. The van der Waals surface area contributed by atoms with E-state index >= 15 is 0 Å². The summed E-state index contributed by atoms with van der Waals surface area (Å²) in [6.45, 7) is 0. The van der Waals surface area contributed by atoms with E-state index in [1.807, 2.05) is 35.0 Å². The van der Waals surface area contributed by atoms with Gasteiger partial charge in [-0.15, -0.1) is 0 Å². The molecule has 23 heavy (non-hydrogen) atoms. The molecule has 0 aliphatic rings. The zero-order valence-electron chi connectivity index (χ0n) is 11.7. The fraction of sp³-hybridized carbons (Fsp3) is 0. The highest BCUT2D eigenvalue weighted by atomic mass is 79.9. The average molecular weight is 412 g/mol. The van der Waals surface area contributed by atoms with Crippen molar-refractivity contribution in [2.75, 3.05) is 0 Å². The van der Waals surface area contributed by atoms with Gasteiger partial charge in [0.15, 0.2) is 0 Å². The molecule has 0 spiro atoms. The van der Waals surface area contributed by atoms with Crippen LogP contribution in [-0.4, -0.2) is 8.42 Å². The van der Waals surface area contributed by atoms with Gasteiger partial charge in [-0.1, -0.05) is 34.1 Å². The second kappa shape index (κ2) is 6.16. The van der Waals surface area contributed by atoms with Crippen LogP contribution in [0.2, 0.25) is 0 Å². The third-order valence-electron chi connectivity index (χ3n) is 3.37. The van der Waals surface area contributed by atoms with E-state index in [0.29, 0.717) is 5.56 Å². The van der Waals surface area contributed by atoms with Crippen molar-refractivity contribution in [2.45, 2.75) is 4.90 Å². The van der Waals surface area contributed by atoms with E-state index in [4.69, 9.17) is 5.14 Å². The van der Waals surface area contributed by atoms with Gasteiger partial charge in [-0.3, -0.25) is 0 Å². The van der Waals surface area contributed by atoms with Gasteiger partial charge in [0.2, 0.25) is 10.0 Å². The third-order valence-corrected chi connectivity index (χ3v) is 5.58. The summed E-state index contributed by atoms with van der Waals surface area (Å²) in [5.74, 6) is -0.849. The predicted molar refractivity (Wildman–Crippen MR) is 94.2 cm³/mol. The molecule has 0 amide bonds. The van der Waals surface area contributed by atoms with E-state index in [0.717, 1.165) is 21.2 Å². The summed E-state index contributed by atoms with van der Waals surface area (Å²) < 4.78 is 37.7. The first-order chi connectivity index (χ1) is 10.9. The first-order valence-corrected chi connectivity index (χ1v) is 9.79. The van der Waals surface area contributed by atoms with E-state index in [-0.39, 0.29) is 0 Å². The third kappa shape index (κ3) is 3.37. The molecule has 3 rings (SSSR count). The van der Waals surface area contributed by atoms with Gasteiger partial charge in [0.25, 0.3) is 0 Å². The molecule has 0 fully saturated rings. The molecule has 0 saturated heterocycles. The second-order valence-electron chi connectivity index (χ2n) is 4.90. The van der Waals surface area contributed by atoms with Crippen LogP contribution in [0.1, 0.15) is 0 Å². The van der Waals surface area contributed by atoms with Crippen LogP contribution in [0.25, 0.3) is 22.3 Å². The summed E-state index contributed by atoms with van der Waals surface area (Å²) in [4.78, 5) is -0.498. The van der Waals surface area contributed by atoms with E-state index in [1.165, 1.54) is 23.5 Å². The highest BCUT2D eigenvalue weighted by Crippen LogP contribution is 2.36. The maximum atomic E-state index is 14.1. The number of primary sulfonamides is 1. The molecule has 3 nitrogen and oxygen atoms in total. The van der Waals surface area contributed by atoms with Crippen molar-refractivity contribution in [3.63, 3.8) is 0 Å². The summed E-state index contributed by atoms with van der Waals surface area (Å²) in [7, 11) is -4.06. The molecule has 0 atom stereocenters. The molecular formula is C16H11BrFNO2S2. The van der Waals surface area contributed by atoms with Crippen LogP contribution in [0, 0.1) is 5.82 Å². The summed E-state index contributed by atoms with van der Waals surface area (Å²) in [6.07, 6.45) is 0. The molecule has 3 aromatic rings. The Kier molecular flexibility index (Phi) is 4.37. The number of sulfonamides is 1. The Bertz CT molecular complexity index is 966. The molecule has 2 aromatic carbocycles. The minimum absolute atomic E-state index is 0.498. The van der Waals surface area contributed by atoms with Crippen LogP contribution >= 0.6 is 27.3 Å². The average Bonchev–Trinajstić information content (AvgIpc) is 2.96. The van der Waals surface area contributed by atoms with Crippen molar-refractivity contribution in [2.24, 2.45) is 5.14 Å². The topological polar surface area (TPSA) is 60.2 Å². The Labute approximate surface area is 145 Å². The number of benzene rings is 2. The predicted octanol–water partition coefficient (Wildman–Crippen LogP) is 4.63. The van der Waals surface area contributed by atoms with E-state index < -0.39 is 20.7 Å². The van der Waals surface area contributed by atoms with Gasteiger partial charge >= 0.3 is 0 Å². The van der Waals surface area contributed by atoms with Crippen molar-refractivity contribution >= 4 is 37.3 Å². The Balaban J connectivity index is 2.09. The maximum Gasteiger partial charge on any atom is 0.240 e. The van der Waals surface area contributed by atoms with Gasteiger partial charge in [-0.05, 0) is 46.2 Å². The first kappa shape index (κ1) is 16.3.